The van der Waals surface area contributed by atoms with Crippen LogP contribution in [0.25, 0.3) is 6.08 Å². The van der Waals surface area contributed by atoms with Crippen LogP contribution in [0.1, 0.15) is 25.0 Å². The van der Waals surface area contributed by atoms with Gasteiger partial charge in [0.25, 0.3) is 16.8 Å². The average molecular weight is 471 g/mol. The molecule has 1 aliphatic rings. The predicted octanol–water partition coefficient (Wildman–Crippen LogP) is 4.41. The third-order valence-electron chi connectivity index (χ3n) is 4.49. The van der Waals surface area contributed by atoms with Crippen LogP contribution in [-0.4, -0.2) is 40.1 Å². The van der Waals surface area contributed by atoms with E-state index in [0.29, 0.717) is 11.3 Å². The standard InChI is InChI=1S/C23H22N2O7S/c1-15(2)13-32-21(26)12-24-22(27)20(33-23(24)28)11-17-5-3-4-6-19(17)31-14-16-7-9-18(10-8-16)25(29)30/h3-11,15H,12-14H2,1-2H3/b20-11-. The summed E-state index contributed by atoms with van der Waals surface area (Å²) in [5.74, 6) is -0.596. The van der Waals surface area contributed by atoms with Crippen molar-refractivity contribution in [3.05, 3.63) is 74.7 Å². The van der Waals surface area contributed by atoms with Crippen molar-refractivity contribution in [1.29, 1.82) is 0 Å². The van der Waals surface area contributed by atoms with Gasteiger partial charge in [-0.25, -0.2) is 0 Å². The number of esters is 1. The third kappa shape index (κ3) is 6.42. The summed E-state index contributed by atoms with van der Waals surface area (Å²) in [6, 6.07) is 13.0. The number of nitrogens with zero attached hydrogens (tertiary/aromatic N) is 2. The third-order valence-corrected chi connectivity index (χ3v) is 5.39. The Hall–Kier alpha value is -3.66. The van der Waals surface area contributed by atoms with Gasteiger partial charge in [0.05, 0.1) is 16.4 Å². The normalized spacial score (nSPS) is 14.8. The van der Waals surface area contributed by atoms with Crippen molar-refractivity contribution in [2.24, 2.45) is 5.92 Å². The topological polar surface area (TPSA) is 116 Å². The van der Waals surface area contributed by atoms with Crippen LogP contribution in [0.4, 0.5) is 10.5 Å². The molecular formula is C23H22N2O7S. The fourth-order valence-electron chi connectivity index (χ4n) is 2.82. The highest BCUT2D eigenvalue weighted by Crippen LogP contribution is 2.34. The Morgan fingerprint density at radius 3 is 2.52 bits per heavy atom. The molecule has 9 nitrogen and oxygen atoms in total. The fraction of sp³-hybridized carbons (Fsp3) is 0.261. The predicted molar refractivity (Wildman–Crippen MR) is 122 cm³/mol. The minimum atomic E-state index is -0.640. The highest BCUT2D eigenvalue weighted by atomic mass is 32.2. The molecule has 2 aromatic carbocycles. The monoisotopic (exact) mass is 470 g/mol. The first kappa shape index (κ1) is 24.0. The SMILES string of the molecule is CC(C)COC(=O)CN1C(=O)S/C(=C\c2ccccc2OCc2ccc([N+](=O)[O-])cc2)C1=O. The number of carbonyl (C=O) groups is 3. The van der Waals surface area contributed by atoms with Gasteiger partial charge in [-0.05, 0) is 47.5 Å². The second kappa shape index (κ2) is 10.8. The van der Waals surface area contributed by atoms with Crippen LogP contribution in [0.3, 0.4) is 0 Å². The first-order valence-corrected chi connectivity index (χ1v) is 10.9. The second-order valence-electron chi connectivity index (χ2n) is 7.59. The quantitative estimate of drug-likeness (QED) is 0.229. The van der Waals surface area contributed by atoms with Crippen LogP contribution in [0, 0.1) is 16.0 Å². The number of para-hydroxylation sites is 1. The number of non-ortho nitro benzene ring substituents is 1. The molecule has 33 heavy (non-hydrogen) atoms. The van der Waals surface area contributed by atoms with Gasteiger partial charge in [-0.2, -0.15) is 0 Å². The molecule has 1 fully saturated rings. The summed E-state index contributed by atoms with van der Waals surface area (Å²) >= 11 is 0.742. The lowest BCUT2D eigenvalue weighted by Crippen LogP contribution is -2.34. The summed E-state index contributed by atoms with van der Waals surface area (Å²) in [6.45, 7) is 3.71. The van der Waals surface area contributed by atoms with Crippen molar-refractivity contribution < 1.29 is 28.8 Å². The number of hydrogen-bond donors (Lipinski definition) is 0. The molecule has 0 spiro atoms. The maximum absolute atomic E-state index is 12.7. The molecule has 1 saturated heterocycles. The Bertz CT molecular complexity index is 1100. The molecule has 0 unspecified atom stereocenters. The molecule has 1 aliphatic heterocycles. The zero-order valence-electron chi connectivity index (χ0n) is 18.1. The molecule has 2 amide bonds. The maximum Gasteiger partial charge on any atom is 0.326 e. The van der Waals surface area contributed by atoms with Crippen molar-refractivity contribution >= 4 is 40.6 Å². The molecule has 3 rings (SSSR count). The molecule has 0 atom stereocenters. The van der Waals surface area contributed by atoms with E-state index in [-0.39, 0.29) is 29.7 Å². The molecule has 0 aliphatic carbocycles. The molecule has 172 valence electrons. The summed E-state index contributed by atoms with van der Waals surface area (Å²) in [6.07, 6.45) is 1.54. The second-order valence-corrected chi connectivity index (χ2v) is 8.59. The van der Waals surface area contributed by atoms with Crippen molar-refractivity contribution in [2.75, 3.05) is 13.2 Å². The Morgan fingerprint density at radius 2 is 1.85 bits per heavy atom. The Balaban J connectivity index is 1.69. The number of hydrogen-bond acceptors (Lipinski definition) is 8. The van der Waals surface area contributed by atoms with Crippen LogP contribution in [0.5, 0.6) is 5.75 Å². The molecule has 0 radical (unpaired) electrons. The minimum absolute atomic E-state index is 0.0111. The van der Waals surface area contributed by atoms with Crippen LogP contribution < -0.4 is 4.74 Å². The number of thioether (sulfide) groups is 1. The maximum atomic E-state index is 12.7. The van der Waals surface area contributed by atoms with E-state index in [0.717, 1.165) is 22.2 Å². The molecule has 1 heterocycles. The summed E-state index contributed by atoms with van der Waals surface area (Å²) < 4.78 is 10.9. The molecule has 0 saturated carbocycles. The molecule has 10 heteroatoms. The Kier molecular flexibility index (Phi) is 7.83. The Labute approximate surface area is 194 Å². The zero-order chi connectivity index (χ0) is 24.0. The molecule has 2 aromatic rings. The van der Waals surface area contributed by atoms with Crippen LogP contribution >= 0.6 is 11.8 Å². The van der Waals surface area contributed by atoms with E-state index in [1.54, 1.807) is 36.4 Å². The lowest BCUT2D eigenvalue weighted by atomic mass is 10.1. The lowest BCUT2D eigenvalue weighted by Gasteiger charge is -2.13. The number of nitro benzene ring substituents is 1. The van der Waals surface area contributed by atoms with E-state index < -0.39 is 28.6 Å². The molecule has 0 bridgehead atoms. The van der Waals surface area contributed by atoms with Gasteiger partial charge < -0.3 is 9.47 Å². The van der Waals surface area contributed by atoms with Gasteiger partial charge in [-0.15, -0.1) is 0 Å². The zero-order valence-corrected chi connectivity index (χ0v) is 18.9. The van der Waals surface area contributed by atoms with Gasteiger partial charge in [0.1, 0.15) is 18.9 Å². The van der Waals surface area contributed by atoms with Crippen LogP contribution in [-0.2, 0) is 20.9 Å². The molecule has 0 N–H and O–H groups in total. The first-order chi connectivity index (χ1) is 15.7. The number of carbonyl (C=O) groups excluding carboxylic acids is 3. The van der Waals surface area contributed by atoms with Crippen molar-refractivity contribution in [1.82, 2.24) is 4.90 Å². The van der Waals surface area contributed by atoms with E-state index in [1.807, 2.05) is 13.8 Å². The highest BCUT2D eigenvalue weighted by molar-refractivity contribution is 8.18. The summed E-state index contributed by atoms with van der Waals surface area (Å²) in [5.41, 5.74) is 1.30. The lowest BCUT2D eigenvalue weighted by molar-refractivity contribution is -0.384. The number of nitro groups is 1. The summed E-state index contributed by atoms with van der Waals surface area (Å²) in [5, 5.41) is 10.2. The molecular weight excluding hydrogens is 448 g/mol. The fourth-order valence-corrected chi connectivity index (χ4v) is 3.65. The van der Waals surface area contributed by atoms with E-state index in [4.69, 9.17) is 9.47 Å². The van der Waals surface area contributed by atoms with Gasteiger partial charge >= 0.3 is 5.97 Å². The number of rotatable bonds is 9. The minimum Gasteiger partial charge on any atom is -0.488 e. The van der Waals surface area contributed by atoms with Crippen molar-refractivity contribution in [3.8, 4) is 5.75 Å². The number of amides is 2. The van der Waals surface area contributed by atoms with E-state index in [2.05, 4.69) is 0 Å². The van der Waals surface area contributed by atoms with Crippen LogP contribution in [0.2, 0.25) is 0 Å². The smallest absolute Gasteiger partial charge is 0.326 e. The van der Waals surface area contributed by atoms with Crippen molar-refractivity contribution in [2.45, 2.75) is 20.5 Å². The highest BCUT2D eigenvalue weighted by Gasteiger charge is 2.36. The van der Waals surface area contributed by atoms with Gasteiger partial charge in [-0.1, -0.05) is 32.0 Å². The largest absolute Gasteiger partial charge is 0.488 e. The van der Waals surface area contributed by atoms with Gasteiger partial charge in [0, 0.05) is 17.7 Å². The number of ether oxygens (including phenoxy) is 2. The summed E-state index contributed by atoms with van der Waals surface area (Å²) in [4.78, 5) is 48.2. The van der Waals surface area contributed by atoms with Crippen molar-refractivity contribution in [3.63, 3.8) is 0 Å². The van der Waals surface area contributed by atoms with E-state index in [1.165, 1.54) is 18.2 Å². The summed E-state index contributed by atoms with van der Waals surface area (Å²) in [7, 11) is 0. The van der Waals surface area contributed by atoms with E-state index in [9.17, 15) is 24.5 Å². The first-order valence-electron chi connectivity index (χ1n) is 10.1. The van der Waals surface area contributed by atoms with Gasteiger partial charge in [0.2, 0.25) is 0 Å². The van der Waals surface area contributed by atoms with Crippen LogP contribution in [0.15, 0.2) is 53.4 Å². The average Bonchev–Trinajstić information content (AvgIpc) is 3.04. The molecule has 0 aromatic heterocycles. The van der Waals surface area contributed by atoms with Gasteiger partial charge in [-0.3, -0.25) is 29.4 Å². The van der Waals surface area contributed by atoms with Gasteiger partial charge in [0.15, 0.2) is 0 Å². The van der Waals surface area contributed by atoms with E-state index >= 15 is 0 Å². The Morgan fingerprint density at radius 1 is 1.15 bits per heavy atom. The number of imide groups is 1. The number of benzene rings is 2.